The van der Waals surface area contributed by atoms with Gasteiger partial charge in [0.1, 0.15) is 5.15 Å². The van der Waals surface area contributed by atoms with Gasteiger partial charge in [-0.15, -0.1) is 11.3 Å². The van der Waals surface area contributed by atoms with Gasteiger partial charge in [0, 0.05) is 11.1 Å². The fourth-order valence-corrected chi connectivity index (χ4v) is 1.91. The molecular weight excluding hydrogens is 230 g/mol. The van der Waals surface area contributed by atoms with Crippen molar-refractivity contribution in [3.63, 3.8) is 0 Å². The van der Waals surface area contributed by atoms with Crippen molar-refractivity contribution in [1.29, 1.82) is 0 Å². The van der Waals surface area contributed by atoms with Crippen molar-refractivity contribution in [2.75, 3.05) is 0 Å². The number of pyridine rings is 1. The third kappa shape index (κ3) is 3.30. The zero-order chi connectivity index (χ0) is 10.5. The molecule has 4 heteroatoms. The van der Waals surface area contributed by atoms with Gasteiger partial charge >= 0.3 is 0 Å². The lowest BCUT2D eigenvalue weighted by Gasteiger charge is -2.02. The first kappa shape index (κ1) is 10.6. The van der Waals surface area contributed by atoms with Crippen LogP contribution in [0.25, 0.3) is 0 Å². The van der Waals surface area contributed by atoms with Gasteiger partial charge in [-0.3, -0.25) is 0 Å². The van der Waals surface area contributed by atoms with Crippen LogP contribution >= 0.6 is 22.9 Å². The predicted octanol–water partition coefficient (Wildman–Crippen LogP) is 3.51. The van der Waals surface area contributed by atoms with Crippen LogP contribution in [0.15, 0.2) is 35.8 Å². The monoisotopic (exact) mass is 239 g/mol. The summed E-state index contributed by atoms with van der Waals surface area (Å²) in [6, 6.07) is 7.77. The molecule has 0 saturated heterocycles. The predicted molar refractivity (Wildman–Crippen MR) is 62.1 cm³/mol. The van der Waals surface area contributed by atoms with Gasteiger partial charge in [0.05, 0.1) is 13.2 Å². The summed E-state index contributed by atoms with van der Waals surface area (Å²) in [6.07, 6.45) is 1.73. The van der Waals surface area contributed by atoms with Crippen molar-refractivity contribution >= 4 is 22.9 Å². The fraction of sp³-hybridized carbons (Fsp3) is 0.182. The lowest BCUT2D eigenvalue weighted by molar-refractivity contribution is 0.109. The van der Waals surface area contributed by atoms with Crippen LogP contribution in [0.4, 0.5) is 0 Å². The summed E-state index contributed by atoms with van der Waals surface area (Å²) in [5.74, 6) is 0. The topological polar surface area (TPSA) is 22.1 Å². The molecule has 2 aromatic rings. The second kappa shape index (κ2) is 5.26. The van der Waals surface area contributed by atoms with Gasteiger partial charge in [-0.25, -0.2) is 4.98 Å². The summed E-state index contributed by atoms with van der Waals surface area (Å²) in [5.41, 5.74) is 1.04. The van der Waals surface area contributed by atoms with Gasteiger partial charge in [0.15, 0.2) is 0 Å². The molecule has 2 nitrogen and oxygen atoms in total. The van der Waals surface area contributed by atoms with Crippen molar-refractivity contribution in [2.45, 2.75) is 13.2 Å². The molecule has 2 heterocycles. The van der Waals surface area contributed by atoms with Crippen LogP contribution in [-0.4, -0.2) is 4.98 Å². The normalized spacial score (nSPS) is 10.5. The number of ether oxygens (including phenoxy) is 1. The molecule has 0 radical (unpaired) electrons. The van der Waals surface area contributed by atoms with Gasteiger partial charge in [0.2, 0.25) is 0 Å². The molecule has 0 aliphatic rings. The Morgan fingerprint density at radius 2 is 2.20 bits per heavy atom. The Balaban J connectivity index is 1.81. The number of hydrogen-bond acceptors (Lipinski definition) is 3. The lowest BCUT2D eigenvalue weighted by atomic mass is 10.3. The first-order chi connectivity index (χ1) is 7.34. The summed E-state index contributed by atoms with van der Waals surface area (Å²) in [5, 5.41) is 2.56. The highest BCUT2D eigenvalue weighted by Crippen LogP contribution is 2.11. The Kier molecular flexibility index (Phi) is 3.72. The van der Waals surface area contributed by atoms with E-state index >= 15 is 0 Å². The van der Waals surface area contributed by atoms with Crippen molar-refractivity contribution < 1.29 is 4.74 Å². The number of rotatable bonds is 4. The first-order valence-corrected chi connectivity index (χ1v) is 5.81. The molecule has 0 aliphatic heterocycles. The van der Waals surface area contributed by atoms with E-state index in [1.807, 2.05) is 17.5 Å². The maximum absolute atomic E-state index is 5.68. The average Bonchev–Trinajstić information content (AvgIpc) is 2.74. The Morgan fingerprint density at radius 1 is 1.27 bits per heavy atom. The van der Waals surface area contributed by atoms with Crippen LogP contribution in [0, 0.1) is 0 Å². The molecule has 0 bridgehead atoms. The molecule has 0 aromatic carbocycles. The smallest absolute Gasteiger partial charge is 0.129 e. The van der Waals surface area contributed by atoms with Crippen molar-refractivity contribution in [2.24, 2.45) is 0 Å². The van der Waals surface area contributed by atoms with E-state index in [2.05, 4.69) is 11.1 Å². The van der Waals surface area contributed by atoms with Gasteiger partial charge in [-0.2, -0.15) is 0 Å². The molecule has 0 fully saturated rings. The maximum Gasteiger partial charge on any atom is 0.129 e. The zero-order valence-electron chi connectivity index (χ0n) is 8.02. The molecule has 2 rings (SSSR count). The lowest BCUT2D eigenvalue weighted by Crippen LogP contribution is -1.92. The van der Waals surface area contributed by atoms with E-state index in [1.54, 1.807) is 23.6 Å². The van der Waals surface area contributed by atoms with Crippen molar-refractivity contribution in [1.82, 2.24) is 4.98 Å². The Hall–Kier alpha value is -0.900. The van der Waals surface area contributed by atoms with Crippen LogP contribution in [0.5, 0.6) is 0 Å². The van der Waals surface area contributed by atoms with E-state index in [0.717, 1.165) is 5.56 Å². The molecule has 0 unspecified atom stereocenters. The largest absolute Gasteiger partial charge is 0.371 e. The molecule has 2 aromatic heterocycles. The van der Waals surface area contributed by atoms with E-state index in [-0.39, 0.29) is 0 Å². The summed E-state index contributed by atoms with van der Waals surface area (Å²) in [6.45, 7) is 1.22. The number of nitrogens with zero attached hydrogens (tertiary/aromatic N) is 1. The first-order valence-electron chi connectivity index (χ1n) is 4.55. The Bertz CT molecular complexity index is 399. The number of hydrogen-bond donors (Lipinski definition) is 0. The summed E-state index contributed by atoms with van der Waals surface area (Å²) in [7, 11) is 0. The van der Waals surface area contributed by atoms with Crippen LogP contribution in [-0.2, 0) is 18.0 Å². The number of halogens is 1. The maximum atomic E-state index is 5.68. The summed E-state index contributed by atoms with van der Waals surface area (Å²) >= 11 is 7.38. The average molecular weight is 240 g/mol. The van der Waals surface area contributed by atoms with Crippen LogP contribution in [0.2, 0.25) is 5.15 Å². The highest BCUT2D eigenvalue weighted by molar-refractivity contribution is 7.09. The second-order valence-corrected chi connectivity index (χ2v) is 4.48. The molecule has 15 heavy (non-hydrogen) atoms. The van der Waals surface area contributed by atoms with Crippen LogP contribution in [0.1, 0.15) is 10.4 Å². The van der Waals surface area contributed by atoms with Gasteiger partial charge in [-0.05, 0) is 23.1 Å². The minimum absolute atomic E-state index is 0.511. The standard InChI is InChI=1S/C11H10ClNOS/c12-11-4-3-9(6-13-11)7-14-8-10-2-1-5-15-10/h1-6H,7-8H2. The molecule has 78 valence electrons. The highest BCUT2D eigenvalue weighted by Gasteiger charge is 1.96. The molecule has 0 amide bonds. The summed E-state index contributed by atoms with van der Waals surface area (Å²) in [4.78, 5) is 5.22. The van der Waals surface area contributed by atoms with E-state index in [9.17, 15) is 0 Å². The molecule has 0 spiro atoms. The quantitative estimate of drug-likeness (QED) is 0.762. The fourth-order valence-electron chi connectivity index (χ4n) is 1.16. The van der Waals surface area contributed by atoms with E-state index < -0.39 is 0 Å². The van der Waals surface area contributed by atoms with Gasteiger partial charge in [0.25, 0.3) is 0 Å². The molecule has 0 aliphatic carbocycles. The molecule has 0 saturated carbocycles. The molecule has 0 N–H and O–H groups in total. The Labute approximate surface area is 97.5 Å². The van der Waals surface area contributed by atoms with E-state index in [0.29, 0.717) is 18.4 Å². The minimum Gasteiger partial charge on any atom is -0.371 e. The van der Waals surface area contributed by atoms with E-state index in [1.165, 1.54) is 4.88 Å². The zero-order valence-corrected chi connectivity index (χ0v) is 9.59. The van der Waals surface area contributed by atoms with Gasteiger partial charge < -0.3 is 4.74 Å². The third-order valence-electron chi connectivity index (χ3n) is 1.88. The third-order valence-corrected chi connectivity index (χ3v) is 2.96. The number of thiophene rings is 1. The Morgan fingerprint density at radius 3 is 2.87 bits per heavy atom. The summed E-state index contributed by atoms with van der Waals surface area (Å²) < 4.78 is 5.53. The van der Waals surface area contributed by atoms with Crippen molar-refractivity contribution in [3.05, 3.63) is 51.4 Å². The van der Waals surface area contributed by atoms with Crippen LogP contribution in [0.3, 0.4) is 0 Å². The van der Waals surface area contributed by atoms with Gasteiger partial charge in [-0.1, -0.05) is 23.7 Å². The molecular formula is C11H10ClNOS. The second-order valence-electron chi connectivity index (χ2n) is 3.06. The number of aromatic nitrogens is 1. The SMILES string of the molecule is Clc1ccc(COCc2cccs2)cn1. The van der Waals surface area contributed by atoms with Crippen molar-refractivity contribution in [3.8, 4) is 0 Å². The molecule has 0 atom stereocenters. The van der Waals surface area contributed by atoms with E-state index in [4.69, 9.17) is 16.3 Å². The highest BCUT2D eigenvalue weighted by atomic mass is 35.5. The minimum atomic E-state index is 0.511. The van der Waals surface area contributed by atoms with Crippen LogP contribution < -0.4 is 0 Å².